The minimum Gasteiger partial charge on any atom is -0.443 e. The maximum absolute atomic E-state index is 13.0. The van der Waals surface area contributed by atoms with Gasteiger partial charge in [-0.15, -0.1) is 0 Å². The number of nitrogens with one attached hydrogen (secondary N) is 1. The highest BCUT2D eigenvalue weighted by Crippen LogP contribution is 2.30. The average molecular weight is 617 g/mol. The van der Waals surface area contributed by atoms with Gasteiger partial charge in [0.25, 0.3) is 0 Å². The van der Waals surface area contributed by atoms with Crippen molar-refractivity contribution in [1.82, 2.24) is 19.3 Å². The highest BCUT2D eigenvalue weighted by atomic mass is 32.2. The molecule has 1 atom stereocenters. The van der Waals surface area contributed by atoms with Crippen LogP contribution in [-0.2, 0) is 26.3 Å². The van der Waals surface area contributed by atoms with E-state index in [0.717, 1.165) is 36.9 Å². The van der Waals surface area contributed by atoms with Crippen molar-refractivity contribution in [1.29, 1.82) is 0 Å². The van der Waals surface area contributed by atoms with E-state index in [1.165, 1.54) is 13.4 Å². The number of rotatable bonds is 11. The zero-order valence-electron chi connectivity index (χ0n) is 25.2. The Morgan fingerprint density at radius 2 is 1.77 bits per heavy atom. The summed E-state index contributed by atoms with van der Waals surface area (Å²) in [6.07, 6.45) is 9.03. The first-order valence-corrected chi connectivity index (χ1v) is 16.5. The van der Waals surface area contributed by atoms with E-state index in [1.807, 2.05) is 48.2 Å². The summed E-state index contributed by atoms with van der Waals surface area (Å²) in [4.78, 5) is 34.9. The lowest BCUT2D eigenvalue weighted by molar-refractivity contribution is -0.405. The van der Waals surface area contributed by atoms with Crippen molar-refractivity contribution in [2.45, 2.75) is 45.3 Å². The molecule has 2 aromatic carbocycles. The van der Waals surface area contributed by atoms with Crippen molar-refractivity contribution in [3.05, 3.63) is 89.9 Å². The molecule has 1 fully saturated rings. The van der Waals surface area contributed by atoms with Crippen LogP contribution in [0.5, 0.6) is 0 Å². The Hall–Kier alpha value is -4.22. The molecule has 2 aromatic heterocycles. The number of nitrogens with zero attached hydrogens (tertiary/aromatic N) is 4. The number of esters is 1. The third kappa shape index (κ3) is 7.28. The fourth-order valence-electron chi connectivity index (χ4n) is 5.76. The van der Waals surface area contributed by atoms with Gasteiger partial charge in [-0.2, -0.15) is 4.98 Å². The van der Waals surface area contributed by atoms with Crippen LogP contribution >= 0.6 is 0 Å². The minimum atomic E-state index is -3.20. The second-order valence-electron chi connectivity index (χ2n) is 11.4. The molecule has 10 nitrogen and oxygen atoms in total. The number of benzene rings is 2. The van der Waals surface area contributed by atoms with Crippen LogP contribution in [0.1, 0.15) is 60.0 Å². The highest BCUT2D eigenvalue weighted by molar-refractivity contribution is 7.89. The van der Waals surface area contributed by atoms with E-state index in [-0.39, 0.29) is 24.2 Å². The fourth-order valence-corrected chi connectivity index (χ4v) is 6.88. The van der Waals surface area contributed by atoms with E-state index in [0.29, 0.717) is 28.3 Å². The van der Waals surface area contributed by atoms with Crippen LogP contribution in [0.4, 0.5) is 5.82 Å². The number of hydrogen-bond donors (Lipinski definition) is 1. The van der Waals surface area contributed by atoms with Gasteiger partial charge in [0.15, 0.2) is 18.2 Å². The summed E-state index contributed by atoms with van der Waals surface area (Å²) in [6.45, 7) is 1.75. The molecule has 0 radical (unpaired) electrons. The van der Waals surface area contributed by atoms with Gasteiger partial charge in [0.05, 0.1) is 24.9 Å². The van der Waals surface area contributed by atoms with Gasteiger partial charge in [-0.25, -0.2) is 17.7 Å². The van der Waals surface area contributed by atoms with Crippen LogP contribution in [0.15, 0.2) is 73.2 Å². The Morgan fingerprint density at radius 1 is 1.05 bits per heavy atom. The van der Waals surface area contributed by atoms with Gasteiger partial charge in [0, 0.05) is 23.2 Å². The first kappa shape index (κ1) is 31.2. The summed E-state index contributed by atoms with van der Waals surface area (Å²) >= 11 is 0. The molecule has 11 heteroatoms. The molecule has 0 amide bonds. The van der Waals surface area contributed by atoms with E-state index >= 15 is 0 Å². The van der Waals surface area contributed by atoms with Crippen LogP contribution in [0, 0.1) is 11.8 Å². The van der Waals surface area contributed by atoms with E-state index in [4.69, 9.17) is 4.74 Å². The normalized spacial score (nSPS) is 18.2. The molecule has 0 saturated heterocycles. The third-order valence-electron chi connectivity index (χ3n) is 8.35. The lowest BCUT2D eigenvalue weighted by Gasteiger charge is -2.25. The number of carbonyl (C=O) groups excluding carboxylic acids is 2. The summed E-state index contributed by atoms with van der Waals surface area (Å²) in [5.41, 5.74) is 2.46. The summed E-state index contributed by atoms with van der Waals surface area (Å²) in [7, 11) is 0.211. The van der Waals surface area contributed by atoms with Gasteiger partial charge in [-0.3, -0.25) is 14.2 Å². The molecular weight excluding hydrogens is 578 g/mol. The zero-order valence-corrected chi connectivity index (χ0v) is 26.0. The largest absolute Gasteiger partial charge is 0.443 e. The molecule has 1 aliphatic rings. The van der Waals surface area contributed by atoms with Crippen LogP contribution in [0.3, 0.4) is 0 Å². The molecule has 5 rings (SSSR count). The smallest absolute Gasteiger partial charge is 0.335 e. The van der Waals surface area contributed by atoms with Crippen molar-refractivity contribution >= 4 is 44.8 Å². The first-order chi connectivity index (χ1) is 21.1. The van der Waals surface area contributed by atoms with Gasteiger partial charge in [-0.05, 0) is 68.3 Å². The number of carbonyl (C=O) groups is 2. The van der Waals surface area contributed by atoms with Crippen LogP contribution in [-0.4, -0.2) is 65.3 Å². The van der Waals surface area contributed by atoms with Crippen LogP contribution in [0.2, 0.25) is 0 Å². The number of hydrogen-bond acceptors (Lipinski definition) is 7. The van der Waals surface area contributed by atoms with Crippen LogP contribution in [0.25, 0.3) is 11.0 Å². The highest BCUT2D eigenvalue weighted by Gasteiger charge is 2.26. The van der Waals surface area contributed by atoms with Gasteiger partial charge in [0.1, 0.15) is 5.39 Å². The summed E-state index contributed by atoms with van der Waals surface area (Å²) in [5, 5.41) is 0.830. The fraction of sp³-hybridized carbons (Fsp3) is 0.364. The predicted octanol–water partition coefficient (Wildman–Crippen LogP) is 4.67. The Kier molecular flexibility index (Phi) is 9.65. The first-order valence-electron chi connectivity index (χ1n) is 14.8. The van der Waals surface area contributed by atoms with Gasteiger partial charge < -0.3 is 4.74 Å². The monoisotopic (exact) mass is 616 g/mol. The quantitative estimate of drug-likeness (QED) is 0.112. The van der Waals surface area contributed by atoms with E-state index in [9.17, 15) is 18.0 Å². The Labute approximate surface area is 257 Å². The molecule has 4 aromatic rings. The lowest BCUT2D eigenvalue weighted by atomic mass is 9.83. The topological polar surface area (TPSA) is 123 Å². The van der Waals surface area contributed by atoms with E-state index in [2.05, 4.69) is 20.9 Å². The molecule has 1 aliphatic carbocycles. The summed E-state index contributed by atoms with van der Waals surface area (Å²) < 4.78 is 35.7. The van der Waals surface area contributed by atoms with Crippen molar-refractivity contribution in [2.24, 2.45) is 11.8 Å². The Morgan fingerprint density at radius 3 is 2.50 bits per heavy atom. The van der Waals surface area contributed by atoms with Gasteiger partial charge >= 0.3 is 11.8 Å². The number of ether oxygens (including phenoxy) is 1. The Balaban J connectivity index is 1.22. The molecular formula is C33H38N5O5S+. The molecule has 1 N–H and O–H groups in total. The maximum Gasteiger partial charge on any atom is 0.335 e. The van der Waals surface area contributed by atoms with Crippen LogP contribution < -0.4 is 4.72 Å². The molecule has 0 aliphatic heterocycles. The number of aromatic nitrogens is 3. The minimum absolute atomic E-state index is 0.0151. The SMILES string of the molecule is CNS(=O)(=O)CC1CCC(/C=[N+](/C)c2ncnc3c2ccn3COC(=O)C(C)c2cccc(C(=O)c3ccccc3)c2)CC1. The lowest BCUT2D eigenvalue weighted by Crippen LogP contribution is -2.29. The molecule has 1 unspecified atom stereocenters. The molecule has 2 heterocycles. The molecule has 44 heavy (non-hydrogen) atoms. The Bertz CT molecular complexity index is 1780. The van der Waals surface area contributed by atoms with Crippen molar-refractivity contribution in [3.63, 3.8) is 0 Å². The predicted molar refractivity (Wildman–Crippen MR) is 169 cm³/mol. The van der Waals surface area contributed by atoms with Crippen molar-refractivity contribution < 1.29 is 27.3 Å². The number of ketones is 1. The zero-order chi connectivity index (χ0) is 31.3. The van der Waals surface area contributed by atoms with E-state index < -0.39 is 21.9 Å². The standard InChI is InChI=1S/C33H38N5O5S/c1-23(27-10-7-11-28(18-27)30(39)26-8-5-4-6-9-26)33(40)43-22-38-17-16-29-31(35-21-36-32(29)38)37(3)19-24-12-14-25(15-13-24)20-44(41,42)34-2/h4-11,16-19,21,23-25,34H,12-15,20,22H2,1-3H3/q+1/b37-19-. The van der Waals surface area contributed by atoms with Crippen molar-refractivity contribution in [3.8, 4) is 0 Å². The van der Waals surface area contributed by atoms with Gasteiger partial charge in [0.2, 0.25) is 16.4 Å². The maximum atomic E-state index is 13.0. The third-order valence-corrected chi connectivity index (χ3v) is 9.88. The molecule has 230 valence electrons. The van der Waals surface area contributed by atoms with Gasteiger partial charge in [-0.1, -0.05) is 48.5 Å². The molecule has 0 bridgehead atoms. The van der Waals surface area contributed by atoms with E-state index in [1.54, 1.807) is 41.8 Å². The summed E-state index contributed by atoms with van der Waals surface area (Å²) in [6, 6.07) is 18.0. The summed E-state index contributed by atoms with van der Waals surface area (Å²) in [5.74, 6) is 0.340. The average Bonchev–Trinajstić information content (AvgIpc) is 3.47. The number of fused-ring (bicyclic) bond motifs is 1. The second-order valence-corrected chi connectivity index (χ2v) is 13.4. The molecule has 0 spiro atoms. The molecule has 1 saturated carbocycles. The van der Waals surface area contributed by atoms with Crippen molar-refractivity contribution in [2.75, 3.05) is 19.8 Å². The second kappa shape index (κ2) is 13.6. The number of sulfonamides is 1.